The fourth-order valence-corrected chi connectivity index (χ4v) is 3.40. The van der Waals surface area contributed by atoms with Crippen molar-refractivity contribution in [1.82, 2.24) is 5.32 Å². The van der Waals surface area contributed by atoms with Crippen LogP contribution in [0.25, 0.3) is 0 Å². The summed E-state index contributed by atoms with van der Waals surface area (Å²) in [4.78, 5) is 61.5. The van der Waals surface area contributed by atoms with E-state index in [-0.39, 0.29) is 36.8 Å². The molecule has 33 heavy (non-hydrogen) atoms. The number of ether oxygens (including phenoxy) is 1. The van der Waals surface area contributed by atoms with Crippen LogP contribution in [0.5, 0.6) is 0 Å². The van der Waals surface area contributed by atoms with Gasteiger partial charge < -0.3 is 15.4 Å². The molecule has 2 aromatic carbocycles. The second-order valence-corrected chi connectivity index (χ2v) is 7.75. The van der Waals surface area contributed by atoms with E-state index in [1.165, 1.54) is 31.2 Å². The standard InChI is InChI=1S/C24H25N3O6/c1-14-5-4-6-15(2)22(14)26-19(28)13-25-23(31)16(3)33-24(32)17-7-9-18(10-8-17)27-20(29)11-12-21(27)30/h4-10,16H,11-13H2,1-3H3,(H,25,31)(H,26,28). The molecule has 172 valence electrons. The number of nitrogens with one attached hydrogen (secondary N) is 2. The van der Waals surface area contributed by atoms with Crippen LogP contribution < -0.4 is 15.5 Å². The van der Waals surface area contributed by atoms with Gasteiger partial charge in [0.25, 0.3) is 5.91 Å². The SMILES string of the molecule is Cc1cccc(C)c1NC(=O)CNC(=O)C(C)OC(=O)c1ccc(N2C(=O)CCC2=O)cc1. The second kappa shape index (κ2) is 10.1. The fraction of sp³-hybridized carbons (Fsp3) is 0.292. The molecule has 0 bridgehead atoms. The smallest absolute Gasteiger partial charge is 0.338 e. The molecule has 9 heteroatoms. The molecule has 3 rings (SSSR count). The summed E-state index contributed by atoms with van der Waals surface area (Å²) >= 11 is 0. The van der Waals surface area contributed by atoms with Crippen molar-refractivity contribution in [2.75, 3.05) is 16.8 Å². The van der Waals surface area contributed by atoms with Gasteiger partial charge in [-0.15, -0.1) is 0 Å². The van der Waals surface area contributed by atoms with Crippen LogP contribution in [0.3, 0.4) is 0 Å². The number of para-hydroxylation sites is 1. The van der Waals surface area contributed by atoms with E-state index >= 15 is 0 Å². The Balaban J connectivity index is 1.51. The number of hydrogen-bond donors (Lipinski definition) is 2. The highest BCUT2D eigenvalue weighted by Crippen LogP contribution is 2.23. The van der Waals surface area contributed by atoms with Gasteiger partial charge in [-0.2, -0.15) is 0 Å². The van der Waals surface area contributed by atoms with E-state index in [1.54, 1.807) is 0 Å². The molecule has 2 aromatic rings. The number of esters is 1. The average molecular weight is 451 g/mol. The largest absolute Gasteiger partial charge is 0.449 e. The Morgan fingerprint density at radius 3 is 2.12 bits per heavy atom. The third kappa shape index (κ3) is 5.62. The van der Waals surface area contributed by atoms with Gasteiger partial charge in [0, 0.05) is 18.5 Å². The number of anilines is 2. The van der Waals surface area contributed by atoms with Crippen LogP contribution in [-0.4, -0.2) is 42.2 Å². The highest BCUT2D eigenvalue weighted by atomic mass is 16.5. The van der Waals surface area contributed by atoms with Crippen molar-refractivity contribution in [2.45, 2.75) is 39.7 Å². The van der Waals surface area contributed by atoms with Gasteiger partial charge in [0.15, 0.2) is 6.10 Å². The summed E-state index contributed by atoms with van der Waals surface area (Å²) in [6.07, 6.45) is -0.803. The summed E-state index contributed by atoms with van der Waals surface area (Å²) in [5.41, 5.74) is 3.03. The minimum absolute atomic E-state index is 0.158. The zero-order chi connectivity index (χ0) is 24.1. The molecule has 1 aliphatic rings. The Morgan fingerprint density at radius 2 is 1.55 bits per heavy atom. The minimum Gasteiger partial charge on any atom is -0.449 e. The predicted molar refractivity (Wildman–Crippen MR) is 121 cm³/mol. The minimum atomic E-state index is -1.13. The number of imide groups is 1. The Bertz CT molecular complexity index is 1070. The first-order chi connectivity index (χ1) is 15.7. The summed E-state index contributed by atoms with van der Waals surface area (Å²) < 4.78 is 5.16. The number of hydrogen-bond acceptors (Lipinski definition) is 6. The predicted octanol–water partition coefficient (Wildman–Crippen LogP) is 2.26. The first-order valence-electron chi connectivity index (χ1n) is 10.5. The number of rotatable bonds is 7. The Hall–Kier alpha value is -4.01. The molecule has 0 aromatic heterocycles. The van der Waals surface area contributed by atoms with Gasteiger partial charge in [0.1, 0.15) is 0 Å². The van der Waals surface area contributed by atoms with Crippen LogP contribution in [-0.2, 0) is 23.9 Å². The molecule has 4 amide bonds. The first-order valence-corrected chi connectivity index (χ1v) is 10.5. The third-order valence-electron chi connectivity index (χ3n) is 5.23. The van der Waals surface area contributed by atoms with E-state index in [0.717, 1.165) is 16.0 Å². The topological polar surface area (TPSA) is 122 Å². The number of carbonyl (C=O) groups excluding carboxylic acids is 5. The van der Waals surface area contributed by atoms with Gasteiger partial charge >= 0.3 is 5.97 Å². The third-order valence-corrected chi connectivity index (χ3v) is 5.23. The van der Waals surface area contributed by atoms with E-state index in [4.69, 9.17) is 4.74 Å². The van der Waals surface area contributed by atoms with Crippen LogP contribution in [0, 0.1) is 13.8 Å². The van der Waals surface area contributed by atoms with Crippen LogP contribution in [0.15, 0.2) is 42.5 Å². The molecule has 1 unspecified atom stereocenters. The summed E-state index contributed by atoms with van der Waals surface area (Å²) in [7, 11) is 0. The van der Waals surface area contributed by atoms with Crippen molar-refractivity contribution >= 4 is 41.0 Å². The molecular weight excluding hydrogens is 426 g/mol. The Labute approximate surface area is 191 Å². The number of aryl methyl sites for hydroxylation is 2. The zero-order valence-corrected chi connectivity index (χ0v) is 18.6. The Morgan fingerprint density at radius 1 is 0.970 bits per heavy atom. The van der Waals surface area contributed by atoms with Gasteiger partial charge in [0.2, 0.25) is 17.7 Å². The van der Waals surface area contributed by atoms with E-state index in [9.17, 15) is 24.0 Å². The van der Waals surface area contributed by atoms with Gasteiger partial charge in [-0.1, -0.05) is 18.2 Å². The van der Waals surface area contributed by atoms with Crippen molar-refractivity contribution in [2.24, 2.45) is 0 Å². The van der Waals surface area contributed by atoms with Gasteiger partial charge in [-0.3, -0.25) is 24.1 Å². The number of amides is 4. The maximum Gasteiger partial charge on any atom is 0.338 e. The molecule has 0 spiro atoms. The molecule has 2 N–H and O–H groups in total. The van der Waals surface area contributed by atoms with E-state index in [0.29, 0.717) is 11.4 Å². The van der Waals surface area contributed by atoms with Gasteiger partial charge in [-0.05, 0) is 56.2 Å². The van der Waals surface area contributed by atoms with Crippen LogP contribution in [0.1, 0.15) is 41.3 Å². The number of carbonyl (C=O) groups is 5. The van der Waals surface area contributed by atoms with Gasteiger partial charge in [0.05, 0.1) is 17.8 Å². The molecule has 1 aliphatic heterocycles. The van der Waals surface area contributed by atoms with Crippen molar-refractivity contribution < 1.29 is 28.7 Å². The van der Waals surface area contributed by atoms with Crippen molar-refractivity contribution in [3.8, 4) is 0 Å². The van der Waals surface area contributed by atoms with E-state index in [2.05, 4.69) is 10.6 Å². The van der Waals surface area contributed by atoms with Crippen LogP contribution in [0.2, 0.25) is 0 Å². The normalized spacial score (nSPS) is 14.1. The lowest BCUT2D eigenvalue weighted by Crippen LogP contribution is -2.40. The lowest BCUT2D eigenvalue weighted by Gasteiger charge is -2.16. The summed E-state index contributed by atoms with van der Waals surface area (Å²) in [6, 6.07) is 11.4. The second-order valence-electron chi connectivity index (χ2n) is 7.75. The summed E-state index contributed by atoms with van der Waals surface area (Å²) in [6.45, 7) is 4.86. The maximum absolute atomic E-state index is 12.3. The molecule has 0 saturated carbocycles. The molecule has 1 heterocycles. The lowest BCUT2D eigenvalue weighted by atomic mass is 10.1. The van der Waals surface area contributed by atoms with Crippen molar-refractivity contribution in [1.29, 1.82) is 0 Å². The number of nitrogens with zero attached hydrogens (tertiary/aromatic N) is 1. The van der Waals surface area contributed by atoms with Crippen LogP contribution >= 0.6 is 0 Å². The molecule has 0 radical (unpaired) electrons. The summed E-state index contributed by atoms with van der Waals surface area (Å²) in [5, 5.41) is 5.20. The van der Waals surface area contributed by atoms with E-state index < -0.39 is 23.9 Å². The fourth-order valence-electron chi connectivity index (χ4n) is 3.40. The maximum atomic E-state index is 12.3. The highest BCUT2D eigenvalue weighted by Gasteiger charge is 2.30. The summed E-state index contributed by atoms with van der Waals surface area (Å²) in [5.74, 6) is -2.35. The molecular formula is C24H25N3O6. The molecule has 9 nitrogen and oxygen atoms in total. The Kier molecular flexibility index (Phi) is 7.22. The monoisotopic (exact) mass is 451 g/mol. The molecule has 1 fully saturated rings. The average Bonchev–Trinajstić information content (AvgIpc) is 3.12. The number of benzene rings is 2. The molecule has 1 saturated heterocycles. The first kappa shape index (κ1) is 23.6. The molecule has 1 atom stereocenters. The van der Waals surface area contributed by atoms with Crippen LogP contribution in [0.4, 0.5) is 11.4 Å². The van der Waals surface area contributed by atoms with E-state index in [1.807, 2.05) is 32.0 Å². The molecule has 0 aliphatic carbocycles. The van der Waals surface area contributed by atoms with Crippen molar-refractivity contribution in [3.05, 3.63) is 59.2 Å². The van der Waals surface area contributed by atoms with Crippen molar-refractivity contribution in [3.63, 3.8) is 0 Å². The zero-order valence-electron chi connectivity index (χ0n) is 18.6. The van der Waals surface area contributed by atoms with Gasteiger partial charge in [-0.25, -0.2) is 4.79 Å². The quantitative estimate of drug-likeness (QED) is 0.492. The lowest BCUT2D eigenvalue weighted by molar-refractivity contribution is -0.130. The highest BCUT2D eigenvalue weighted by molar-refractivity contribution is 6.19.